The van der Waals surface area contributed by atoms with Crippen LogP contribution in [0, 0.1) is 18.3 Å². The highest BCUT2D eigenvalue weighted by molar-refractivity contribution is 5.38. The minimum absolute atomic E-state index is 0.412. The highest BCUT2D eigenvalue weighted by Crippen LogP contribution is 2.11. The molecule has 0 amide bonds. The first-order valence-electron chi connectivity index (χ1n) is 5.13. The Morgan fingerprint density at radius 2 is 1.88 bits per heavy atom. The molecule has 6 heteroatoms. The topological polar surface area (TPSA) is 86.5 Å². The van der Waals surface area contributed by atoms with E-state index in [4.69, 9.17) is 5.26 Å². The van der Waals surface area contributed by atoms with Gasteiger partial charge in [0.15, 0.2) is 0 Å². The van der Waals surface area contributed by atoms with Gasteiger partial charge in [-0.25, -0.2) is 0 Å². The number of nitrogens with one attached hydrogen (secondary N) is 2. The minimum atomic E-state index is -0.697. The molecule has 16 heavy (non-hydrogen) atoms. The summed E-state index contributed by atoms with van der Waals surface area (Å²) < 4.78 is 0. The zero-order chi connectivity index (χ0) is 12.2. The quantitative estimate of drug-likeness (QED) is 0.796. The second-order valence-electron chi connectivity index (χ2n) is 3.92. The maximum absolute atomic E-state index is 8.90. The Balaban J connectivity index is 2.93. The summed E-state index contributed by atoms with van der Waals surface area (Å²) in [6, 6.07) is 2.13. The molecular formula is C10H16N6. The smallest absolute Gasteiger partial charge is 0.228 e. The van der Waals surface area contributed by atoms with Crippen LogP contribution < -0.4 is 10.6 Å². The lowest BCUT2D eigenvalue weighted by Gasteiger charge is -2.17. The van der Waals surface area contributed by atoms with Crippen LogP contribution in [0.2, 0.25) is 0 Å². The summed E-state index contributed by atoms with van der Waals surface area (Å²) in [6.07, 6.45) is 0. The molecule has 0 saturated carbocycles. The number of hydrogen-bond acceptors (Lipinski definition) is 6. The van der Waals surface area contributed by atoms with Gasteiger partial charge in [-0.1, -0.05) is 0 Å². The second-order valence-corrected chi connectivity index (χ2v) is 3.92. The van der Waals surface area contributed by atoms with Gasteiger partial charge < -0.3 is 10.6 Å². The SMILES string of the molecule is CCNc1nc(C)nc(NC(C)(C)C#N)n1. The molecule has 1 aromatic heterocycles. The first-order valence-corrected chi connectivity index (χ1v) is 5.13. The fourth-order valence-electron chi connectivity index (χ4n) is 1.08. The summed E-state index contributed by atoms with van der Waals surface area (Å²) in [6.45, 7) is 8.02. The molecule has 0 fully saturated rings. The van der Waals surface area contributed by atoms with Crippen molar-refractivity contribution in [3.63, 3.8) is 0 Å². The molecule has 86 valence electrons. The zero-order valence-electron chi connectivity index (χ0n) is 10.00. The number of anilines is 2. The Morgan fingerprint density at radius 1 is 1.25 bits per heavy atom. The predicted octanol–water partition coefficient (Wildman–Crippen LogP) is 1.33. The summed E-state index contributed by atoms with van der Waals surface area (Å²) in [5, 5.41) is 14.8. The molecule has 1 heterocycles. The number of nitrogens with zero attached hydrogens (tertiary/aromatic N) is 4. The minimum Gasteiger partial charge on any atom is -0.354 e. The summed E-state index contributed by atoms with van der Waals surface area (Å²) in [5.41, 5.74) is -0.697. The standard InChI is InChI=1S/C10H16N6/c1-5-12-8-13-7(2)14-9(15-8)16-10(3,4)6-11/h5H2,1-4H3,(H2,12,13,14,15,16). The van der Waals surface area contributed by atoms with E-state index in [0.717, 1.165) is 6.54 Å². The van der Waals surface area contributed by atoms with E-state index >= 15 is 0 Å². The van der Waals surface area contributed by atoms with E-state index in [1.165, 1.54) is 0 Å². The molecule has 0 aliphatic carbocycles. The molecule has 6 nitrogen and oxygen atoms in total. The van der Waals surface area contributed by atoms with Crippen LogP contribution in [0.25, 0.3) is 0 Å². The first kappa shape index (κ1) is 12.2. The molecule has 0 aliphatic rings. The average Bonchev–Trinajstić information content (AvgIpc) is 2.16. The summed E-state index contributed by atoms with van der Waals surface area (Å²) >= 11 is 0. The van der Waals surface area contributed by atoms with Gasteiger partial charge in [0.05, 0.1) is 6.07 Å². The molecule has 2 N–H and O–H groups in total. The van der Waals surface area contributed by atoms with Gasteiger partial charge in [0, 0.05) is 6.54 Å². The van der Waals surface area contributed by atoms with Crippen molar-refractivity contribution in [2.45, 2.75) is 33.2 Å². The van der Waals surface area contributed by atoms with Crippen LogP contribution in [0.5, 0.6) is 0 Å². The van der Waals surface area contributed by atoms with Crippen molar-refractivity contribution < 1.29 is 0 Å². The fourth-order valence-corrected chi connectivity index (χ4v) is 1.08. The van der Waals surface area contributed by atoms with Crippen LogP contribution in [0.4, 0.5) is 11.9 Å². The van der Waals surface area contributed by atoms with E-state index in [9.17, 15) is 0 Å². The number of hydrogen-bond donors (Lipinski definition) is 2. The lowest BCUT2D eigenvalue weighted by Crippen LogP contribution is -2.30. The van der Waals surface area contributed by atoms with E-state index in [1.54, 1.807) is 20.8 Å². The lowest BCUT2D eigenvalue weighted by atomic mass is 10.1. The average molecular weight is 220 g/mol. The molecule has 0 aliphatic heterocycles. The molecule has 1 aromatic rings. The van der Waals surface area contributed by atoms with E-state index in [1.807, 2.05) is 6.92 Å². The number of rotatable bonds is 4. The van der Waals surface area contributed by atoms with E-state index in [2.05, 4.69) is 31.7 Å². The van der Waals surface area contributed by atoms with E-state index in [-0.39, 0.29) is 0 Å². The molecular weight excluding hydrogens is 204 g/mol. The van der Waals surface area contributed by atoms with Gasteiger partial charge in [0.2, 0.25) is 11.9 Å². The zero-order valence-corrected chi connectivity index (χ0v) is 10.00. The Hall–Kier alpha value is -1.90. The fraction of sp³-hybridized carbons (Fsp3) is 0.600. The maximum Gasteiger partial charge on any atom is 0.228 e. The third-order valence-corrected chi connectivity index (χ3v) is 1.79. The maximum atomic E-state index is 8.90. The predicted molar refractivity (Wildman–Crippen MR) is 62.0 cm³/mol. The van der Waals surface area contributed by atoms with Gasteiger partial charge >= 0.3 is 0 Å². The largest absolute Gasteiger partial charge is 0.354 e. The molecule has 0 saturated heterocycles. The van der Waals surface area contributed by atoms with Crippen molar-refractivity contribution in [2.75, 3.05) is 17.2 Å². The van der Waals surface area contributed by atoms with Gasteiger partial charge in [0.1, 0.15) is 11.4 Å². The van der Waals surface area contributed by atoms with Crippen LogP contribution in [-0.2, 0) is 0 Å². The highest BCUT2D eigenvalue weighted by Gasteiger charge is 2.17. The molecule has 0 radical (unpaired) electrons. The Kier molecular flexibility index (Phi) is 3.61. The highest BCUT2D eigenvalue weighted by atomic mass is 15.2. The molecule has 0 bridgehead atoms. The molecule has 0 spiro atoms. The van der Waals surface area contributed by atoms with Crippen LogP contribution in [0.1, 0.15) is 26.6 Å². The Labute approximate surface area is 95.1 Å². The number of aryl methyl sites for hydroxylation is 1. The first-order chi connectivity index (χ1) is 7.46. The molecule has 1 rings (SSSR count). The third-order valence-electron chi connectivity index (χ3n) is 1.79. The normalized spacial score (nSPS) is 10.7. The molecule has 0 atom stereocenters. The van der Waals surface area contributed by atoms with Crippen molar-refractivity contribution in [3.05, 3.63) is 5.82 Å². The van der Waals surface area contributed by atoms with Gasteiger partial charge in [-0.05, 0) is 27.7 Å². The Bertz CT molecular complexity index is 406. The van der Waals surface area contributed by atoms with Crippen LogP contribution in [0.15, 0.2) is 0 Å². The number of aromatic nitrogens is 3. The summed E-state index contributed by atoms with van der Waals surface area (Å²) in [5.74, 6) is 1.54. The third kappa shape index (κ3) is 3.35. The van der Waals surface area contributed by atoms with Crippen LogP contribution in [0.3, 0.4) is 0 Å². The monoisotopic (exact) mass is 220 g/mol. The van der Waals surface area contributed by atoms with Crippen molar-refractivity contribution in [1.29, 1.82) is 5.26 Å². The number of nitriles is 1. The van der Waals surface area contributed by atoms with Crippen molar-refractivity contribution in [1.82, 2.24) is 15.0 Å². The van der Waals surface area contributed by atoms with Crippen LogP contribution in [-0.4, -0.2) is 27.0 Å². The van der Waals surface area contributed by atoms with Gasteiger partial charge in [0.25, 0.3) is 0 Å². The molecule has 0 aromatic carbocycles. The van der Waals surface area contributed by atoms with Crippen molar-refractivity contribution >= 4 is 11.9 Å². The Morgan fingerprint density at radius 3 is 2.44 bits per heavy atom. The van der Waals surface area contributed by atoms with E-state index < -0.39 is 5.54 Å². The van der Waals surface area contributed by atoms with Gasteiger partial charge in [-0.15, -0.1) is 0 Å². The van der Waals surface area contributed by atoms with Gasteiger partial charge in [-0.3, -0.25) is 0 Å². The second kappa shape index (κ2) is 4.75. The summed E-state index contributed by atoms with van der Waals surface area (Å²) in [4.78, 5) is 12.4. The lowest BCUT2D eigenvalue weighted by molar-refractivity contribution is 0.713. The van der Waals surface area contributed by atoms with E-state index in [0.29, 0.717) is 17.7 Å². The van der Waals surface area contributed by atoms with Gasteiger partial charge in [-0.2, -0.15) is 20.2 Å². The molecule has 0 unspecified atom stereocenters. The van der Waals surface area contributed by atoms with Crippen molar-refractivity contribution in [3.8, 4) is 6.07 Å². The van der Waals surface area contributed by atoms with Crippen molar-refractivity contribution in [2.24, 2.45) is 0 Å². The summed E-state index contributed by atoms with van der Waals surface area (Å²) in [7, 11) is 0. The van der Waals surface area contributed by atoms with Crippen LogP contribution >= 0.6 is 0 Å².